The molecule has 0 atom stereocenters. The minimum absolute atomic E-state index is 0.718. The quantitative estimate of drug-likeness (QED) is 0.623. The fourth-order valence-electron chi connectivity index (χ4n) is 2.30. The Morgan fingerprint density at radius 1 is 1.07 bits per heavy atom. The van der Waals surface area contributed by atoms with Crippen LogP contribution in [0.15, 0.2) is 0 Å². The third-order valence-electron chi connectivity index (χ3n) is 3.00. The van der Waals surface area contributed by atoms with Gasteiger partial charge in [0.1, 0.15) is 0 Å². The Bertz CT molecular complexity index is 307. The van der Waals surface area contributed by atoms with Crippen molar-refractivity contribution in [3.05, 3.63) is 20.9 Å². The molecule has 0 bridgehead atoms. The minimum atomic E-state index is 0.718. The Morgan fingerprint density at radius 3 is 2.20 bits per heavy atom. The van der Waals surface area contributed by atoms with E-state index < -0.39 is 0 Å². The number of hydrogen-bond donors (Lipinski definition) is 0. The monoisotopic (exact) mass is 224 g/mol. The SMILES string of the molecule is CC.Cc1c(C(C)C)sc2c1CCCC2. The molecule has 0 aromatic carbocycles. The number of hydrogen-bond acceptors (Lipinski definition) is 1. The zero-order valence-corrected chi connectivity index (χ0v) is 11.6. The molecule has 0 saturated heterocycles. The summed E-state index contributed by atoms with van der Waals surface area (Å²) in [5, 5.41) is 0. The summed E-state index contributed by atoms with van der Waals surface area (Å²) < 4.78 is 0. The van der Waals surface area contributed by atoms with Gasteiger partial charge in [0.15, 0.2) is 0 Å². The van der Waals surface area contributed by atoms with Crippen LogP contribution in [0.2, 0.25) is 0 Å². The van der Waals surface area contributed by atoms with Gasteiger partial charge in [-0.25, -0.2) is 0 Å². The van der Waals surface area contributed by atoms with Crippen molar-refractivity contribution in [2.45, 2.75) is 66.2 Å². The van der Waals surface area contributed by atoms with E-state index in [1.807, 2.05) is 13.8 Å². The van der Waals surface area contributed by atoms with Gasteiger partial charge in [-0.1, -0.05) is 27.7 Å². The maximum absolute atomic E-state index is 2.32. The van der Waals surface area contributed by atoms with Gasteiger partial charge in [0.2, 0.25) is 0 Å². The highest BCUT2D eigenvalue weighted by atomic mass is 32.1. The van der Waals surface area contributed by atoms with Gasteiger partial charge in [0.25, 0.3) is 0 Å². The lowest BCUT2D eigenvalue weighted by molar-refractivity contribution is 0.693. The van der Waals surface area contributed by atoms with Crippen molar-refractivity contribution in [2.24, 2.45) is 0 Å². The van der Waals surface area contributed by atoms with E-state index in [2.05, 4.69) is 32.1 Å². The van der Waals surface area contributed by atoms with E-state index in [-0.39, 0.29) is 0 Å². The molecule has 1 aromatic heterocycles. The summed E-state index contributed by atoms with van der Waals surface area (Å²) in [6.07, 6.45) is 5.49. The second-order valence-electron chi connectivity index (χ2n) is 4.35. The molecule has 0 fully saturated rings. The molecular weight excluding hydrogens is 200 g/mol. The highest BCUT2D eigenvalue weighted by Crippen LogP contribution is 2.37. The van der Waals surface area contributed by atoms with Crippen LogP contribution in [-0.4, -0.2) is 0 Å². The average molecular weight is 224 g/mol. The smallest absolute Gasteiger partial charge is 0.0106 e. The lowest BCUT2D eigenvalue weighted by atomic mass is 9.94. The van der Waals surface area contributed by atoms with Crippen LogP contribution < -0.4 is 0 Å². The molecule has 1 aromatic rings. The van der Waals surface area contributed by atoms with E-state index in [1.54, 1.807) is 20.9 Å². The van der Waals surface area contributed by atoms with E-state index >= 15 is 0 Å². The highest BCUT2D eigenvalue weighted by molar-refractivity contribution is 7.12. The lowest BCUT2D eigenvalue weighted by Gasteiger charge is -2.10. The first-order chi connectivity index (χ1) is 7.20. The number of rotatable bonds is 1. The van der Waals surface area contributed by atoms with Gasteiger partial charge in [-0.3, -0.25) is 0 Å². The molecular formula is C14H24S. The van der Waals surface area contributed by atoms with Crippen LogP contribution in [0, 0.1) is 6.92 Å². The van der Waals surface area contributed by atoms with Gasteiger partial charge in [0, 0.05) is 9.75 Å². The molecule has 0 saturated carbocycles. The topological polar surface area (TPSA) is 0 Å². The Morgan fingerprint density at radius 2 is 1.67 bits per heavy atom. The van der Waals surface area contributed by atoms with Crippen LogP contribution in [0.4, 0.5) is 0 Å². The minimum Gasteiger partial charge on any atom is -0.145 e. The zero-order valence-electron chi connectivity index (χ0n) is 10.8. The van der Waals surface area contributed by atoms with Crippen LogP contribution in [0.25, 0.3) is 0 Å². The van der Waals surface area contributed by atoms with Crippen LogP contribution in [-0.2, 0) is 12.8 Å². The van der Waals surface area contributed by atoms with Crippen LogP contribution in [0.5, 0.6) is 0 Å². The van der Waals surface area contributed by atoms with Gasteiger partial charge in [-0.15, -0.1) is 11.3 Å². The number of thiophene rings is 1. The van der Waals surface area contributed by atoms with Crippen LogP contribution >= 0.6 is 11.3 Å². The summed E-state index contributed by atoms with van der Waals surface area (Å²) in [4.78, 5) is 3.32. The summed E-state index contributed by atoms with van der Waals surface area (Å²) in [6, 6.07) is 0. The normalized spacial score (nSPS) is 14.5. The first-order valence-corrected chi connectivity index (χ1v) is 7.13. The molecule has 15 heavy (non-hydrogen) atoms. The molecule has 86 valence electrons. The standard InChI is InChI=1S/C12H18S.C2H6/c1-8(2)12-9(3)10-6-4-5-7-11(10)13-12;1-2/h8H,4-7H2,1-3H3;1-2H3. The van der Waals surface area contributed by atoms with E-state index in [9.17, 15) is 0 Å². The molecule has 1 heterocycles. The van der Waals surface area contributed by atoms with Gasteiger partial charge in [0.05, 0.1) is 0 Å². The van der Waals surface area contributed by atoms with Crippen molar-refractivity contribution in [1.82, 2.24) is 0 Å². The average Bonchev–Trinajstić information content (AvgIpc) is 2.60. The summed E-state index contributed by atoms with van der Waals surface area (Å²) in [6.45, 7) is 10.9. The highest BCUT2D eigenvalue weighted by Gasteiger charge is 2.18. The van der Waals surface area contributed by atoms with Crippen molar-refractivity contribution in [3.8, 4) is 0 Å². The van der Waals surface area contributed by atoms with Crippen molar-refractivity contribution >= 4 is 11.3 Å². The fourth-order valence-corrected chi connectivity index (χ4v) is 3.70. The Hall–Kier alpha value is -0.300. The van der Waals surface area contributed by atoms with Gasteiger partial charge < -0.3 is 0 Å². The molecule has 2 rings (SSSR count). The number of aryl methyl sites for hydroxylation is 1. The van der Waals surface area contributed by atoms with Crippen molar-refractivity contribution in [3.63, 3.8) is 0 Å². The predicted octanol–water partition coefficient (Wildman–Crippen LogP) is 5.08. The maximum atomic E-state index is 2.32. The lowest BCUT2D eigenvalue weighted by Crippen LogP contribution is -1.99. The summed E-state index contributed by atoms with van der Waals surface area (Å²) in [5.41, 5.74) is 3.30. The molecule has 1 aliphatic carbocycles. The zero-order chi connectivity index (χ0) is 11.4. The van der Waals surface area contributed by atoms with Crippen molar-refractivity contribution in [2.75, 3.05) is 0 Å². The molecule has 0 N–H and O–H groups in total. The summed E-state index contributed by atoms with van der Waals surface area (Å²) >= 11 is 2.07. The van der Waals surface area contributed by atoms with E-state index in [0.29, 0.717) is 0 Å². The molecule has 1 aliphatic rings. The second-order valence-corrected chi connectivity index (χ2v) is 5.49. The predicted molar refractivity (Wildman–Crippen MR) is 71.1 cm³/mol. The van der Waals surface area contributed by atoms with Gasteiger partial charge >= 0.3 is 0 Å². The molecule has 0 spiro atoms. The van der Waals surface area contributed by atoms with Gasteiger partial charge in [-0.05, 0) is 49.7 Å². The van der Waals surface area contributed by atoms with E-state index in [4.69, 9.17) is 0 Å². The molecule has 0 nitrogen and oxygen atoms in total. The van der Waals surface area contributed by atoms with Crippen LogP contribution in [0.1, 0.15) is 67.3 Å². The molecule has 0 unspecified atom stereocenters. The van der Waals surface area contributed by atoms with Crippen molar-refractivity contribution in [1.29, 1.82) is 0 Å². The Kier molecular flexibility index (Phi) is 4.85. The Labute approximate surface area is 98.7 Å². The molecule has 0 amide bonds. The third-order valence-corrected chi connectivity index (χ3v) is 4.69. The number of fused-ring (bicyclic) bond motifs is 1. The molecule has 0 radical (unpaired) electrons. The fraction of sp³-hybridized carbons (Fsp3) is 0.714. The van der Waals surface area contributed by atoms with E-state index in [0.717, 1.165) is 5.92 Å². The molecule has 0 aliphatic heterocycles. The maximum Gasteiger partial charge on any atom is 0.0106 e. The summed E-state index contributed by atoms with van der Waals surface area (Å²) in [7, 11) is 0. The summed E-state index contributed by atoms with van der Waals surface area (Å²) in [5.74, 6) is 0.718. The first-order valence-electron chi connectivity index (χ1n) is 6.31. The Balaban J connectivity index is 0.000000531. The first kappa shape index (κ1) is 12.8. The van der Waals surface area contributed by atoms with Crippen LogP contribution in [0.3, 0.4) is 0 Å². The molecule has 1 heteroatoms. The van der Waals surface area contributed by atoms with Crippen molar-refractivity contribution < 1.29 is 0 Å². The third kappa shape index (κ3) is 2.63. The second kappa shape index (κ2) is 5.69. The largest absolute Gasteiger partial charge is 0.145 e. The van der Waals surface area contributed by atoms with E-state index in [1.165, 1.54) is 25.7 Å². The van der Waals surface area contributed by atoms with Gasteiger partial charge in [-0.2, -0.15) is 0 Å².